The van der Waals surface area contributed by atoms with Gasteiger partial charge >= 0.3 is 18.0 Å². The van der Waals surface area contributed by atoms with Crippen LogP contribution in [0.4, 0.5) is 16.2 Å². The Balaban J connectivity index is 2.26. The number of rotatable bonds is 10. The third-order valence-corrected chi connectivity index (χ3v) is 4.76. The molecule has 0 spiro atoms. The Hall–Kier alpha value is -3.80. The molecule has 2 amide bonds. The molecule has 1 aliphatic heterocycles. The molecule has 1 aliphatic rings. The van der Waals surface area contributed by atoms with Crippen molar-refractivity contribution in [3.63, 3.8) is 0 Å². The van der Waals surface area contributed by atoms with Crippen LogP contribution in [0.2, 0.25) is 0 Å². The Morgan fingerprint density at radius 2 is 1.74 bits per heavy atom. The van der Waals surface area contributed by atoms with Gasteiger partial charge in [-0.3, -0.25) is 4.79 Å². The number of aliphatic hydroxyl groups is 1. The first-order valence-corrected chi connectivity index (χ1v) is 10.9. The Labute approximate surface area is 203 Å². The number of carbonyl (C=O) groups is 4. The lowest BCUT2D eigenvalue weighted by Crippen LogP contribution is -2.35. The number of alkyl carbamates (subject to hydrolysis) is 1. The van der Waals surface area contributed by atoms with Crippen molar-refractivity contribution in [2.24, 2.45) is 0 Å². The van der Waals surface area contributed by atoms with Crippen LogP contribution in [0.5, 0.6) is 0 Å². The highest BCUT2D eigenvalue weighted by molar-refractivity contribution is 6.09. The molecule has 0 fully saturated rings. The van der Waals surface area contributed by atoms with E-state index in [1.165, 1.54) is 31.3 Å². The fraction of sp³-hybridized carbons (Fsp3) is 0.478. The van der Waals surface area contributed by atoms with Gasteiger partial charge in [-0.1, -0.05) is 0 Å². The first kappa shape index (κ1) is 27.4. The molecule has 0 radical (unpaired) electrons. The van der Waals surface area contributed by atoms with Gasteiger partial charge < -0.3 is 40.2 Å². The van der Waals surface area contributed by atoms with Gasteiger partial charge in [0.25, 0.3) is 5.91 Å². The van der Waals surface area contributed by atoms with Crippen LogP contribution in [-0.2, 0) is 23.8 Å². The summed E-state index contributed by atoms with van der Waals surface area (Å²) in [5, 5.41) is 17.9. The van der Waals surface area contributed by atoms with Crippen LogP contribution in [0.3, 0.4) is 0 Å². The van der Waals surface area contributed by atoms with Gasteiger partial charge in [-0.25, -0.2) is 14.4 Å². The van der Waals surface area contributed by atoms with Gasteiger partial charge in [0.05, 0.1) is 49.9 Å². The van der Waals surface area contributed by atoms with Crippen molar-refractivity contribution in [3.8, 4) is 0 Å². The highest BCUT2D eigenvalue weighted by Crippen LogP contribution is 2.29. The Kier molecular flexibility index (Phi) is 9.46. The molecule has 192 valence electrons. The number of β-amino-alcohol motifs (C(OH)–C–C–N with tert-alkyl or cyclic N) is 1. The fourth-order valence-electron chi connectivity index (χ4n) is 3.21. The first-order chi connectivity index (χ1) is 16.5. The van der Waals surface area contributed by atoms with Crippen LogP contribution in [0, 0.1) is 0 Å². The fourth-order valence-corrected chi connectivity index (χ4v) is 3.21. The minimum atomic E-state index is -0.693. The van der Waals surface area contributed by atoms with Crippen LogP contribution >= 0.6 is 0 Å². The topological polar surface area (TPSA) is 156 Å². The second-order valence-electron chi connectivity index (χ2n) is 8.53. The lowest BCUT2D eigenvalue weighted by molar-refractivity contribution is -0.136. The molecule has 35 heavy (non-hydrogen) atoms. The van der Waals surface area contributed by atoms with Crippen LogP contribution in [0.15, 0.2) is 29.5 Å². The van der Waals surface area contributed by atoms with E-state index in [2.05, 4.69) is 16.0 Å². The lowest BCUT2D eigenvalue weighted by atomic mass is 10.1. The predicted molar refractivity (Wildman–Crippen MR) is 127 cm³/mol. The number of methoxy groups -OCH3 is 2. The minimum absolute atomic E-state index is 0.0257. The third-order valence-electron chi connectivity index (χ3n) is 4.76. The molecule has 1 heterocycles. The second-order valence-corrected chi connectivity index (χ2v) is 8.53. The lowest BCUT2D eigenvalue weighted by Gasteiger charge is -2.20. The van der Waals surface area contributed by atoms with Crippen LogP contribution < -0.4 is 16.0 Å². The van der Waals surface area contributed by atoms with Crippen molar-refractivity contribution in [1.82, 2.24) is 10.2 Å². The third kappa shape index (κ3) is 7.60. The van der Waals surface area contributed by atoms with Gasteiger partial charge in [-0.05, 0) is 39.0 Å². The summed E-state index contributed by atoms with van der Waals surface area (Å²) in [6, 6.07) is 4.61. The second kappa shape index (κ2) is 12.1. The molecule has 12 nitrogen and oxygen atoms in total. The van der Waals surface area contributed by atoms with E-state index in [1.807, 2.05) is 0 Å². The summed E-state index contributed by atoms with van der Waals surface area (Å²) in [7, 11) is 2.45. The van der Waals surface area contributed by atoms with E-state index in [0.29, 0.717) is 17.9 Å². The van der Waals surface area contributed by atoms with Gasteiger partial charge in [0.15, 0.2) is 0 Å². The van der Waals surface area contributed by atoms with E-state index < -0.39 is 29.5 Å². The number of hydrogen-bond acceptors (Lipinski definition) is 10. The Morgan fingerprint density at radius 1 is 1.06 bits per heavy atom. The number of nitrogens with zero attached hydrogens (tertiary/aromatic N) is 1. The molecule has 2 rings (SSSR count). The number of hydrogen-bond donors (Lipinski definition) is 4. The van der Waals surface area contributed by atoms with Crippen LogP contribution in [-0.4, -0.2) is 86.6 Å². The van der Waals surface area contributed by atoms with Gasteiger partial charge in [0.1, 0.15) is 11.3 Å². The van der Waals surface area contributed by atoms with E-state index in [1.54, 1.807) is 26.8 Å². The summed E-state index contributed by atoms with van der Waals surface area (Å²) in [6.45, 7) is 5.52. The molecular formula is C23H32N4O8. The maximum Gasteiger partial charge on any atom is 0.407 e. The molecule has 0 saturated heterocycles. The number of nitrogens with one attached hydrogen (secondary N) is 3. The summed E-state index contributed by atoms with van der Waals surface area (Å²) in [6.07, 6.45) is -0.563. The Bertz CT molecular complexity index is 1000. The molecule has 0 aromatic heterocycles. The predicted octanol–water partition coefficient (Wildman–Crippen LogP) is 1.08. The van der Waals surface area contributed by atoms with E-state index in [-0.39, 0.29) is 43.1 Å². The van der Waals surface area contributed by atoms with Crippen molar-refractivity contribution in [3.05, 3.63) is 35.0 Å². The standard InChI is InChI=1S/C23H32N4O8/c1-23(2,3)35-22(32)25-9-8-24-16-7-6-14(20(30)33-4)12-17(16)26-18-15(21(31)34-5)13-27(10-11-28)19(18)29/h6-7,12,24,26,28H,8-11,13H2,1-5H3,(H,25,32). The summed E-state index contributed by atoms with van der Waals surface area (Å²) in [4.78, 5) is 50.4. The zero-order valence-corrected chi connectivity index (χ0v) is 20.5. The maximum absolute atomic E-state index is 12.9. The molecule has 0 unspecified atom stereocenters. The minimum Gasteiger partial charge on any atom is -0.466 e. The number of esters is 2. The van der Waals surface area contributed by atoms with Crippen molar-refractivity contribution >= 4 is 35.3 Å². The molecular weight excluding hydrogens is 460 g/mol. The van der Waals surface area contributed by atoms with Crippen LogP contribution in [0.1, 0.15) is 31.1 Å². The van der Waals surface area contributed by atoms with E-state index in [4.69, 9.17) is 14.2 Å². The van der Waals surface area contributed by atoms with Gasteiger partial charge in [0, 0.05) is 19.6 Å². The van der Waals surface area contributed by atoms with E-state index in [0.717, 1.165) is 0 Å². The summed E-state index contributed by atoms with van der Waals surface area (Å²) < 4.78 is 14.8. The molecule has 0 atom stereocenters. The van der Waals surface area contributed by atoms with Crippen molar-refractivity contribution in [1.29, 1.82) is 0 Å². The quantitative estimate of drug-likeness (QED) is 0.212. The van der Waals surface area contributed by atoms with Gasteiger partial charge in [-0.2, -0.15) is 0 Å². The van der Waals surface area contributed by atoms with Gasteiger partial charge in [-0.15, -0.1) is 0 Å². The zero-order valence-electron chi connectivity index (χ0n) is 20.5. The van der Waals surface area contributed by atoms with Crippen LogP contribution in [0.25, 0.3) is 0 Å². The van der Waals surface area contributed by atoms with E-state index >= 15 is 0 Å². The number of carbonyl (C=O) groups excluding carboxylic acids is 4. The SMILES string of the molecule is COC(=O)C1=C(Nc2cc(C(=O)OC)ccc2NCCNC(=O)OC(C)(C)C)C(=O)N(CCO)C1. The van der Waals surface area contributed by atoms with Crippen molar-refractivity contribution < 1.29 is 38.5 Å². The molecule has 0 aliphatic carbocycles. The summed E-state index contributed by atoms with van der Waals surface area (Å²) in [5.41, 5.74) is 0.468. The number of anilines is 2. The molecule has 4 N–H and O–H groups in total. The molecule has 0 bridgehead atoms. The smallest absolute Gasteiger partial charge is 0.407 e. The van der Waals surface area contributed by atoms with Crippen molar-refractivity contribution in [2.45, 2.75) is 26.4 Å². The average molecular weight is 493 g/mol. The Morgan fingerprint density at radius 3 is 2.34 bits per heavy atom. The maximum atomic E-state index is 12.9. The monoisotopic (exact) mass is 492 g/mol. The normalized spacial score (nSPS) is 13.4. The summed E-state index contributed by atoms with van der Waals surface area (Å²) >= 11 is 0. The number of benzene rings is 1. The molecule has 12 heteroatoms. The van der Waals surface area contributed by atoms with Crippen molar-refractivity contribution in [2.75, 3.05) is 57.6 Å². The molecule has 1 aromatic carbocycles. The van der Waals surface area contributed by atoms with Gasteiger partial charge in [0.2, 0.25) is 0 Å². The zero-order chi connectivity index (χ0) is 26.2. The number of ether oxygens (including phenoxy) is 3. The summed E-state index contributed by atoms with van der Waals surface area (Å²) in [5.74, 6) is -1.78. The molecule has 0 saturated carbocycles. The first-order valence-electron chi connectivity index (χ1n) is 10.9. The number of aliphatic hydroxyl groups excluding tert-OH is 1. The highest BCUT2D eigenvalue weighted by Gasteiger charge is 2.34. The highest BCUT2D eigenvalue weighted by atomic mass is 16.6. The number of amides is 2. The molecule has 1 aromatic rings. The largest absolute Gasteiger partial charge is 0.466 e. The average Bonchev–Trinajstić information content (AvgIpc) is 3.10. The van der Waals surface area contributed by atoms with E-state index in [9.17, 15) is 24.3 Å².